The van der Waals surface area contributed by atoms with E-state index in [2.05, 4.69) is 10.3 Å². The van der Waals surface area contributed by atoms with Crippen LogP contribution in [0.3, 0.4) is 0 Å². The molecule has 0 radical (unpaired) electrons. The van der Waals surface area contributed by atoms with E-state index in [1.807, 2.05) is 13.0 Å². The van der Waals surface area contributed by atoms with Gasteiger partial charge in [-0.2, -0.15) is 5.26 Å². The number of benzene rings is 1. The lowest BCUT2D eigenvalue weighted by molar-refractivity contribution is -0.117. The summed E-state index contributed by atoms with van der Waals surface area (Å²) in [5, 5.41) is 21.9. The lowest BCUT2D eigenvalue weighted by Gasteiger charge is -2.02. The molecule has 0 unspecified atom stereocenters. The number of hydrogen-bond donors (Lipinski definition) is 2. The molecule has 106 valence electrons. The molecule has 1 amide bonds. The normalized spacial score (nSPS) is 11.0. The van der Waals surface area contributed by atoms with Gasteiger partial charge in [0, 0.05) is 11.1 Å². The molecule has 1 aromatic heterocycles. The molecule has 2 aromatic rings. The second-order valence-electron chi connectivity index (χ2n) is 4.29. The number of aromatic hydroxyl groups is 1. The van der Waals surface area contributed by atoms with Crippen LogP contribution in [0.25, 0.3) is 6.08 Å². The lowest BCUT2D eigenvalue weighted by atomic mass is 10.1. The Bertz CT molecular complexity index is 711. The van der Waals surface area contributed by atoms with Gasteiger partial charge in [0.05, 0.1) is 11.6 Å². The molecule has 2 N–H and O–H groups in total. The van der Waals surface area contributed by atoms with Crippen molar-refractivity contribution in [3.05, 3.63) is 51.5 Å². The number of nitrogens with zero attached hydrogens (tertiary/aromatic N) is 2. The van der Waals surface area contributed by atoms with E-state index in [0.717, 1.165) is 9.88 Å². The Hall–Kier alpha value is -2.65. The van der Waals surface area contributed by atoms with Crippen molar-refractivity contribution in [1.82, 2.24) is 10.3 Å². The SMILES string of the molecule is Cc1ncc(CNC(=O)/C(C#N)=C/c2ccc(O)cc2)s1. The van der Waals surface area contributed by atoms with Gasteiger partial charge in [-0.05, 0) is 30.7 Å². The number of phenolic OH excluding ortho intramolecular Hbond substituents is 1. The second kappa shape index (κ2) is 6.68. The number of thiazole rings is 1. The van der Waals surface area contributed by atoms with Crippen molar-refractivity contribution in [3.8, 4) is 11.8 Å². The van der Waals surface area contributed by atoms with Crippen LogP contribution >= 0.6 is 11.3 Å². The maximum Gasteiger partial charge on any atom is 0.262 e. The molecule has 0 saturated heterocycles. The van der Waals surface area contributed by atoms with Crippen LogP contribution in [-0.2, 0) is 11.3 Å². The fourth-order valence-corrected chi connectivity index (χ4v) is 2.37. The molecule has 0 atom stereocenters. The van der Waals surface area contributed by atoms with E-state index in [0.29, 0.717) is 12.1 Å². The number of nitrogens with one attached hydrogen (secondary N) is 1. The number of aryl methyl sites for hydroxylation is 1. The predicted molar refractivity (Wildman–Crippen MR) is 80.4 cm³/mol. The summed E-state index contributed by atoms with van der Waals surface area (Å²) in [4.78, 5) is 17.0. The van der Waals surface area contributed by atoms with Crippen LogP contribution in [0.15, 0.2) is 36.0 Å². The van der Waals surface area contributed by atoms with E-state index in [9.17, 15) is 9.90 Å². The van der Waals surface area contributed by atoms with Gasteiger partial charge in [-0.3, -0.25) is 4.79 Å². The highest BCUT2D eigenvalue weighted by atomic mass is 32.1. The predicted octanol–water partition coefficient (Wildman–Crippen LogP) is 2.38. The summed E-state index contributed by atoms with van der Waals surface area (Å²) < 4.78 is 0. The summed E-state index contributed by atoms with van der Waals surface area (Å²) >= 11 is 1.50. The zero-order chi connectivity index (χ0) is 15.2. The minimum absolute atomic E-state index is 0.0157. The smallest absolute Gasteiger partial charge is 0.262 e. The van der Waals surface area contributed by atoms with Crippen molar-refractivity contribution in [2.75, 3.05) is 0 Å². The van der Waals surface area contributed by atoms with E-state index in [-0.39, 0.29) is 11.3 Å². The molecule has 1 aromatic carbocycles. The molecule has 6 heteroatoms. The van der Waals surface area contributed by atoms with Crippen LogP contribution in [0.4, 0.5) is 0 Å². The Balaban J connectivity index is 2.04. The molecule has 2 rings (SSSR count). The van der Waals surface area contributed by atoms with Crippen molar-refractivity contribution >= 4 is 23.3 Å². The Morgan fingerprint density at radius 1 is 1.48 bits per heavy atom. The molecule has 0 saturated carbocycles. The number of amides is 1. The van der Waals surface area contributed by atoms with E-state index >= 15 is 0 Å². The zero-order valence-corrected chi connectivity index (χ0v) is 12.1. The highest BCUT2D eigenvalue weighted by molar-refractivity contribution is 7.11. The number of phenols is 1. The average Bonchev–Trinajstić information content (AvgIpc) is 2.90. The maximum atomic E-state index is 12.0. The minimum atomic E-state index is -0.434. The fourth-order valence-electron chi connectivity index (χ4n) is 1.64. The molecule has 0 spiro atoms. The molecule has 0 bridgehead atoms. The van der Waals surface area contributed by atoms with Gasteiger partial charge in [-0.1, -0.05) is 12.1 Å². The summed E-state index contributed by atoms with van der Waals surface area (Å²) in [6, 6.07) is 8.14. The van der Waals surface area contributed by atoms with E-state index in [1.165, 1.54) is 29.5 Å². The molecular formula is C15H13N3O2S. The van der Waals surface area contributed by atoms with Crippen LogP contribution in [0.5, 0.6) is 5.75 Å². The van der Waals surface area contributed by atoms with Gasteiger partial charge in [0.25, 0.3) is 5.91 Å². The van der Waals surface area contributed by atoms with Gasteiger partial charge >= 0.3 is 0 Å². The largest absolute Gasteiger partial charge is 0.508 e. The number of rotatable bonds is 4. The van der Waals surface area contributed by atoms with E-state index in [4.69, 9.17) is 5.26 Å². The Morgan fingerprint density at radius 2 is 2.19 bits per heavy atom. The van der Waals surface area contributed by atoms with Crippen LogP contribution < -0.4 is 5.32 Å². The van der Waals surface area contributed by atoms with E-state index < -0.39 is 5.91 Å². The summed E-state index contributed by atoms with van der Waals surface area (Å²) in [7, 11) is 0. The van der Waals surface area contributed by atoms with Crippen LogP contribution in [0.1, 0.15) is 15.4 Å². The zero-order valence-electron chi connectivity index (χ0n) is 11.3. The molecule has 21 heavy (non-hydrogen) atoms. The number of carbonyl (C=O) groups is 1. The van der Waals surface area contributed by atoms with Crippen LogP contribution in [0.2, 0.25) is 0 Å². The molecule has 0 aliphatic rings. The fraction of sp³-hybridized carbons (Fsp3) is 0.133. The average molecular weight is 299 g/mol. The third-order valence-corrected chi connectivity index (χ3v) is 3.57. The van der Waals surface area contributed by atoms with Crippen LogP contribution in [-0.4, -0.2) is 16.0 Å². The highest BCUT2D eigenvalue weighted by Gasteiger charge is 2.09. The van der Waals surface area contributed by atoms with Gasteiger partial charge in [-0.25, -0.2) is 4.98 Å². The molecule has 5 nitrogen and oxygen atoms in total. The summed E-state index contributed by atoms with van der Waals surface area (Å²) in [5.74, 6) is -0.299. The Labute approximate surface area is 126 Å². The van der Waals surface area contributed by atoms with Gasteiger partial charge in [0.15, 0.2) is 0 Å². The first-order valence-electron chi connectivity index (χ1n) is 6.19. The molecule has 1 heterocycles. The number of hydrogen-bond acceptors (Lipinski definition) is 5. The Morgan fingerprint density at radius 3 is 2.76 bits per heavy atom. The second-order valence-corrected chi connectivity index (χ2v) is 5.61. The van der Waals surface area contributed by atoms with Crippen molar-refractivity contribution in [2.45, 2.75) is 13.5 Å². The third kappa shape index (κ3) is 4.16. The molecule has 0 aliphatic carbocycles. The quantitative estimate of drug-likeness (QED) is 0.670. The lowest BCUT2D eigenvalue weighted by Crippen LogP contribution is -2.23. The van der Waals surface area contributed by atoms with Crippen molar-refractivity contribution in [3.63, 3.8) is 0 Å². The first-order chi connectivity index (χ1) is 10.1. The molecular weight excluding hydrogens is 286 g/mol. The first-order valence-corrected chi connectivity index (χ1v) is 7.00. The van der Waals surface area contributed by atoms with Crippen molar-refractivity contribution < 1.29 is 9.90 Å². The van der Waals surface area contributed by atoms with Crippen molar-refractivity contribution in [1.29, 1.82) is 5.26 Å². The van der Waals surface area contributed by atoms with E-state index in [1.54, 1.807) is 18.3 Å². The summed E-state index contributed by atoms with van der Waals surface area (Å²) in [5.41, 5.74) is 0.690. The number of aromatic nitrogens is 1. The molecule has 0 aliphatic heterocycles. The van der Waals surface area contributed by atoms with Crippen molar-refractivity contribution in [2.24, 2.45) is 0 Å². The number of nitriles is 1. The minimum Gasteiger partial charge on any atom is -0.508 e. The monoisotopic (exact) mass is 299 g/mol. The topological polar surface area (TPSA) is 86.0 Å². The summed E-state index contributed by atoms with van der Waals surface area (Å²) in [6.07, 6.45) is 3.18. The molecule has 0 fully saturated rings. The third-order valence-electron chi connectivity index (χ3n) is 2.66. The van der Waals surface area contributed by atoms with Gasteiger partial charge < -0.3 is 10.4 Å². The maximum absolute atomic E-state index is 12.0. The van der Waals surface area contributed by atoms with Gasteiger partial charge in [0.1, 0.15) is 17.4 Å². The van der Waals surface area contributed by atoms with Gasteiger partial charge in [-0.15, -0.1) is 11.3 Å². The van der Waals surface area contributed by atoms with Gasteiger partial charge in [0.2, 0.25) is 0 Å². The first kappa shape index (κ1) is 14.8. The summed E-state index contributed by atoms with van der Waals surface area (Å²) in [6.45, 7) is 2.24. The standard InChI is InChI=1S/C15H13N3O2S/c1-10-17-8-14(21-10)9-18-15(20)12(7-16)6-11-2-4-13(19)5-3-11/h2-6,8,19H,9H2,1H3,(H,18,20)/b12-6+. The van der Waals surface area contributed by atoms with Crippen LogP contribution in [0, 0.1) is 18.3 Å². The highest BCUT2D eigenvalue weighted by Crippen LogP contribution is 2.14. The Kier molecular flexibility index (Phi) is 4.69. The number of carbonyl (C=O) groups excluding carboxylic acids is 1.